The van der Waals surface area contributed by atoms with Crippen LogP contribution in [0.5, 0.6) is 5.75 Å². The molecule has 1 heterocycles. The third-order valence-electron chi connectivity index (χ3n) is 4.92. The highest BCUT2D eigenvalue weighted by atomic mass is 32.2. The van der Waals surface area contributed by atoms with Crippen molar-refractivity contribution < 1.29 is 18.1 Å². The van der Waals surface area contributed by atoms with Gasteiger partial charge in [0.25, 0.3) is 10.1 Å². The molecule has 4 aromatic carbocycles. The molecule has 0 aliphatic carbocycles. The Kier molecular flexibility index (Phi) is 4.93. The molecule has 32 heavy (non-hydrogen) atoms. The topological polar surface area (TPSA) is 112 Å². The molecule has 0 amide bonds. The Labute approximate surface area is 187 Å². The monoisotopic (exact) mass is 461 g/mol. The summed E-state index contributed by atoms with van der Waals surface area (Å²) in [6.45, 7) is 0. The standard InChI is InChI=1S/C23H15N3O4S2/c27-22-18(23-24-19-7-3-4-8-20(19)31-23)13-14-5-1-2-6-17(14)21(22)26-25-15-9-11-16(12-10-15)32(28,29)30/h1-13,27H,(H,28,29,30). The molecule has 0 saturated carbocycles. The number of nitrogens with zero attached hydrogens (tertiary/aromatic N) is 3. The summed E-state index contributed by atoms with van der Waals surface area (Å²) in [5, 5.41) is 21.8. The molecule has 1 aromatic heterocycles. The second-order valence-electron chi connectivity index (χ2n) is 7.00. The van der Waals surface area contributed by atoms with Crippen LogP contribution < -0.4 is 0 Å². The van der Waals surface area contributed by atoms with Crippen molar-refractivity contribution in [1.82, 2.24) is 4.98 Å². The summed E-state index contributed by atoms with van der Waals surface area (Å²) in [5.41, 5.74) is 2.06. The number of azo groups is 1. The van der Waals surface area contributed by atoms with Crippen molar-refractivity contribution >= 4 is 53.8 Å². The van der Waals surface area contributed by atoms with E-state index < -0.39 is 10.1 Å². The molecule has 0 aliphatic heterocycles. The molecule has 0 radical (unpaired) electrons. The minimum Gasteiger partial charge on any atom is -0.505 e. The maximum absolute atomic E-state index is 11.2. The summed E-state index contributed by atoms with van der Waals surface area (Å²) in [6.07, 6.45) is 0. The third kappa shape index (κ3) is 3.73. The van der Waals surface area contributed by atoms with E-state index in [-0.39, 0.29) is 16.3 Å². The molecule has 0 saturated heterocycles. The number of thiazole rings is 1. The Morgan fingerprint density at radius 3 is 2.34 bits per heavy atom. The van der Waals surface area contributed by atoms with Gasteiger partial charge in [-0.1, -0.05) is 36.4 Å². The van der Waals surface area contributed by atoms with Gasteiger partial charge in [0.15, 0.2) is 5.75 Å². The summed E-state index contributed by atoms with van der Waals surface area (Å²) < 4.78 is 32.6. The minimum atomic E-state index is -4.29. The molecule has 0 unspecified atom stereocenters. The van der Waals surface area contributed by atoms with Crippen LogP contribution in [0.1, 0.15) is 0 Å². The van der Waals surface area contributed by atoms with Gasteiger partial charge in [0, 0.05) is 5.39 Å². The van der Waals surface area contributed by atoms with Gasteiger partial charge in [-0.25, -0.2) is 4.98 Å². The second-order valence-corrected chi connectivity index (χ2v) is 9.45. The largest absolute Gasteiger partial charge is 0.505 e. The lowest BCUT2D eigenvalue weighted by Crippen LogP contribution is -1.96. The van der Waals surface area contributed by atoms with Gasteiger partial charge in [-0.2, -0.15) is 13.5 Å². The first-order valence-electron chi connectivity index (χ1n) is 9.50. The van der Waals surface area contributed by atoms with Crippen molar-refractivity contribution in [1.29, 1.82) is 0 Å². The van der Waals surface area contributed by atoms with Gasteiger partial charge in [0.1, 0.15) is 10.7 Å². The molecule has 0 fully saturated rings. The Bertz CT molecular complexity index is 1580. The number of hydrogen-bond acceptors (Lipinski definition) is 7. The predicted molar refractivity (Wildman–Crippen MR) is 125 cm³/mol. The molecule has 5 rings (SSSR count). The smallest absolute Gasteiger partial charge is 0.294 e. The molecule has 0 aliphatic rings. The lowest BCUT2D eigenvalue weighted by Gasteiger charge is -2.08. The molecule has 7 nitrogen and oxygen atoms in total. The highest BCUT2D eigenvalue weighted by Gasteiger charge is 2.17. The van der Waals surface area contributed by atoms with E-state index in [1.54, 1.807) is 0 Å². The van der Waals surface area contributed by atoms with Gasteiger partial charge in [0.05, 0.1) is 26.4 Å². The van der Waals surface area contributed by atoms with Crippen LogP contribution in [0.2, 0.25) is 0 Å². The molecule has 2 N–H and O–H groups in total. The van der Waals surface area contributed by atoms with E-state index >= 15 is 0 Å². The van der Waals surface area contributed by atoms with E-state index in [1.807, 2.05) is 54.6 Å². The first kappa shape index (κ1) is 20.3. The van der Waals surface area contributed by atoms with E-state index in [0.717, 1.165) is 15.6 Å². The zero-order valence-corrected chi connectivity index (χ0v) is 18.0. The van der Waals surface area contributed by atoms with E-state index in [0.29, 0.717) is 21.6 Å². The summed E-state index contributed by atoms with van der Waals surface area (Å²) in [4.78, 5) is 4.41. The van der Waals surface area contributed by atoms with Crippen molar-refractivity contribution in [2.45, 2.75) is 4.90 Å². The van der Waals surface area contributed by atoms with Crippen LogP contribution in [-0.4, -0.2) is 23.1 Å². The molecule has 158 valence electrons. The average Bonchev–Trinajstić information content (AvgIpc) is 3.22. The van der Waals surface area contributed by atoms with E-state index in [1.165, 1.54) is 35.6 Å². The van der Waals surface area contributed by atoms with Crippen LogP contribution in [-0.2, 0) is 10.1 Å². The lowest BCUT2D eigenvalue weighted by atomic mass is 10.0. The van der Waals surface area contributed by atoms with Crippen LogP contribution in [0.3, 0.4) is 0 Å². The molecular weight excluding hydrogens is 446 g/mol. The zero-order chi connectivity index (χ0) is 22.3. The van der Waals surface area contributed by atoms with Crippen molar-refractivity contribution in [3.8, 4) is 16.3 Å². The summed E-state index contributed by atoms with van der Waals surface area (Å²) >= 11 is 1.48. The molecule has 9 heteroatoms. The molecule has 0 spiro atoms. The summed E-state index contributed by atoms with van der Waals surface area (Å²) in [7, 11) is -4.29. The number of benzene rings is 4. The lowest BCUT2D eigenvalue weighted by molar-refractivity contribution is 0.479. The highest BCUT2D eigenvalue weighted by Crippen LogP contribution is 2.45. The van der Waals surface area contributed by atoms with Gasteiger partial charge >= 0.3 is 0 Å². The van der Waals surface area contributed by atoms with Gasteiger partial charge in [-0.15, -0.1) is 16.5 Å². The van der Waals surface area contributed by atoms with Crippen molar-refractivity contribution in [2.75, 3.05) is 0 Å². The van der Waals surface area contributed by atoms with Gasteiger partial charge in [-0.05, 0) is 47.9 Å². The number of hydrogen-bond donors (Lipinski definition) is 2. The van der Waals surface area contributed by atoms with Crippen LogP contribution in [0.15, 0.2) is 94.0 Å². The number of aromatic nitrogens is 1. The third-order valence-corrected chi connectivity index (χ3v) is 6.86. The Hall–Kier alpha value is -3.66. The van der Waals surface area contributed by atoms with Crippen LogP contribution in [0, 0.1) is 0 Å². The quantitative estimate of drug-likeness (QED) is 0.235. The number of phenols is 1. The molecule has 5 aromatic rings. The van der Waals surface area contributed by atoms with E-state index in [4.69, 9.17) is 4.55 Å². The normalized spacial score (nSPS) is 12.2. The Morgan fingerprint density at radius 2 is 1.59 bits per heavy atom. The summed E-state index contributed by atoms with van der Waals surface area (Å²) in [6, 6.07) is 22.5. The average molecular weight is 462 g/mol. The Balaban J connectivity index is 1.63. The number of fused-ring (bicyclic) bond motifs is 2. The minimum absolute atomic E-state index is 0.0407. The predicted octanol–water partition coefficient (Wildman–Crippen LogP) is 6.48. The van der Waals surface area contributed by atoms with Gasteiger partial charge in [0.2, 0.25) is 0 Å². The van der Waals surface area contributed by atoms with E-state index in [9.17, 15) is 13.5 Å². The van der Waals surface area contributed by atoms with Gasteiger partial charge < -0.3 is 5.11 Å². The maximum Gasteiger partial charge on any atom is 0.294 e. The van der Waals surface area contributed by atoms with Crippen molar-refractivity contribution in [3.05, 3.63) is 78.9 Å². The second kappa shape index (κ2) is 7.79. The van der Waals surface area contributed by atoms with Crippen LogP contribution in [0.4, 0.5) is 11.4 Å². The van der Waals surface area contributed by atoms with Gasteiger partial charge in [-0.3, -0.25) is 4.55 Å². The number of para-hydroxylation sites is 1. The van der Waals surface area contributed by atoms with Crippen molar-refractivity contribution in [3.63, 3.8) is 0 Å². The highest BCUT2D eigenvalue weighted by molar-refractivity contribution is 7.85. The van der Waals surface area contributed by atoms with Crippen LogP contribution >= 0.6 is 11.3 Å². The first-order chi connectivity index (χ1) is 15.4. The van der Waals surface area contributed by atoms with E-state index in [2.05, 4.69) is 15.2 Å². The fourth-order valence-corrected chi connectivity index (χ4v) is 4.82. The summed E-state index contributed by atoms with van der Waals surface area (Å²) in [5.74, 6) is -0.0407. The maximum atomic E-state index is 11.2. The van der Waals surface area contributed by atoms with Crippen LogP contribution in [0.25, 0.3) is 31.6 Å². The molecule has 0 atom stereocenters. The molecular formula is C23H15N3O4S2. The fourth-order valence-electron chi connectivity index (χ4n) is 3.36. The number of rotatable bonds is 4. The number of phenolic OH excluding ortho intramolecular Hbond substituents is 1. The first-order valence-corrected chi connectivity index (χ1v) is 11.8. The van der Waals surface area contributed by atoms with Crippen molar-refractivity contribution in [2.24, 2.45) is 10.2 Å². The fraction of sp³-hybridized carbons (Fsp3) is 0. The number of aromatic hydroxyl groups is 1. The zero-order valence-electron chi connectivity index (χ0n) is 16.4. The molecule has 0 bridgehead atoms. The Morgan fingerprint density at radius 1 is 0.875 bits per heavy atom. The SMILES string of the molecule is O=S(=O)(O)c1ccc(N=Nc2c(O)c(-c3nc4ccccc4s3)cc3ccccc23)cc1.